The maximum absolute atomic E-state index is 12.8. The molecule has 1 aromatic carbocycles. The number of benzene rings is 1. The molecule has 132 valence electrons. The van der Waals surface area contributed by atoms with Crippen LogP contribution in [0, 0.1) is 0 Å². The van der Waals surface area contributed by atoms with Crippen molar-refractivity contribution in [2.45, 2.75) is 57.0 Å². The number of hydrogen-bond acceptors (Lipinski definition) is 6. The van der Waals surface area contributed by atoms with Crippen molar-refractivity contribution < 1.29 is 4.52 Å². The second kappa shape index (κ2) is 6.63. The Balaban J connectivity index is 1.94. The molecule has 0 atom stereocenters. The second-order valence-electron chi connectivity index (χ2n) is 7.23. The number of aromatic nitrogens is 4. The molecule has 3 rings (SSSR count). The highest BCUT2D eigenvalue weighted by atomic mass is 32.2. The van der Waals surface area contributed by atoms with Crippen LogP contribution in [0.1, 0.15) is 52.4 Å². The van der Waals surface area contributed by atoms with E-state index in [0.717, 1.165) is 0 Å². The molecule has 0 amide bonds. The molecule has 0 bridgehead atoms. The molecule has 0 aliphatic carbocycles. The summed E-state index contributed by atoms with van der Waals surface area (Å²) in [6.45, 7) is 10.0. The largest absolute Gasteiger partial charge is 0.339 e. The van der Waals surface area contributed by atoms with Gasteiger partial charge in [0.05, 0.1) is 16.7 Å². The van der Waals surface area contributed by atoms with Crippen LogP contribution in [-0.4, -0.2) is 19.7 Å². The van der Waals surface area contributed by atoms with Crippen molar-refractivity contribution in [3.05, 3.63) is 46.3 Å². The lowest BCUT2D eigenvalue weighted by atomic mass is 9.97. The van der Waals surface area contributed by atoms with Crippen molar-refractivity contribution in [2.75, 3.05) is 0 Å². The van der Waals surface area contributed by atoms with Crippen LogP contribution < -0.4 is 5.56 Å². The normalized spacial score (nSPS) is 12.2. The molecule has 0 aliphatic heterocycles. The maximum Gasteiger partial charge on any atom is 0.262 e. The highest BCUT2D eigenvalue weighted by molar-refractivity contribution is 7.98. The van der Waals surface area contributed by atoms with Gasteiger partial charge in [-0.25, -0.2) is 4.98 Å². The fraction of sp³-hybridized carbons (Fsp3) is 0.444. The predicted octanol–water partition coefficient (Wildman–Crippen LogP) is 3.95. The van der Waals surface area contributed by atoms with Gasteiger partial charge >= 0.3 is 0 Å². The Morgan fingerprint density at radius 1 is 1.20 bits per heavy atom. The standard InChI is InChI=1S/C18H22N4O2S/c1-11(2)22-15(23)12-8-6-7-9-13(12)19-17(22)25-10-14-20-16(24-21-14)18(3,4)5/h6-9,11H,10H2,1-5H3. The molecule has 0 unspecified atom stereocenters. The summed E-state index contributed by atoms with van der Waals surface area (Å²) in [5.74, 6) is 1.71. The van der Waals surface area contributed by atoms with E-state index in [1.54, 1.807) is 4.57 Å². The van der Waals surface area contributed by atoms with Gasteiger partial charge in [-0.1, -0.05) is 49.8 Å². The Kier molecular flexibility index (Phi) is 4.69. The average Bonchev–Trinajstić information content (AvgIpc) is 3.02. The highest BCUT2D eigenvalue weighted by Crippen LogP contribution is 2.25. The number of nitrogens with zero attached hydrogens (tertiary/aromatic N) is 4. The molecule has 0 saturated carbocycles. The molecule has 2 heterocycles. The molecule has 0 fully saturated rings. The van der Waals surface area contributed by atoms with E-state index in [1.807, 2.05) is 58.9 Å². The van der Waals surface area contributed by atoms with E-state index in [-0.39, 0.29) is 17.0 Å². The van der Waals surface area contributed by atoms with Gasteiger partial charge < -0.3 is 4.52 Å². The van der Waals surface area contributed by atoms with E-state index in [2.05, 4.69) is 15.1 Å². The van der Waals surface area contributed by atoms with Crippen LogP contribution in [0.5, 0.6) is 0 Å². The van der Waals surface area contributed by atoms with Crippen molar-refractivity contribution in [1.82, 2.24) is 19.7 Å². The highest BCUT2D eigenvalue weighted by Gasteiger charge is 2.22. The smallest absolute Gasteiger partial charge is 0.262 e. The molecule has 25 heavy (non-hydrogen) atoms. The fourth-order valence-electron chi connectivity index (χ4n) is 2.43. The van der Waals surface area contributed by atoms with Crippen LogP contribution in [0.2, 0.25) is 0 Å². The summed E-state index contributed by atoms with van der Waals surface area (Å²) in [6, 6.07) is 7.43. The van der Waals surface area contributed by atoms with Crippen molar-refractivity contribution in [3.63, 3.8) is 0 Å². The van der Waals surface area contributed by atoms with Crippen LogP contribution in [0.25, 0.3) is 10.9 Å². The zero-order chi connectivity index (χ0) is 18.2. The molecule has 2 aromatic heterocycles. The Bertz CT molecular complexity index is 954. The molecule has 0 spiro atoms. The molecular weight excluding hydrogens is 336 g/mol. The van der Waals surface area contributed by atoms with Crippen molar-refractivity contribution in [2.24, 2.45) is 0 Å². The molecule has 7 heteroatoms. The molecule has 0 N–H and O–H groups in total. The molecule has 0 radical (unpaired) electrons. The lowest BCUT2D eigenvalue weighted by Gasteiger charge is -2.15. The van der Waals surface area contributed by atoms with Crippen LogP contribution in [-0.2, 0) is 11.2 Å². The number of fused-ring (bicyclic) bond motifs is 1. The molecule has 6 nitrogen and oxygen atoms in total. The summed E-state index contributed by atoms with van der Waals surface area (Å²) in [6.07, 6.45) is 0. The summed E-state index contributed by atoms with van der Waals surface area (Å²) in [5, 5.41) is 5.34. The average molecular weight is 358 g/mol. The number of hydrogen-bond donors (Lipinski definition) is 0. The Morgan fingerprint density at radius 3 is 2.56 bits per heavy atom. The number of para-hydroxylation sites is 1. The van der Waals surface area contributed by atoms with E-state index < -0.39 is 0 Å². The minimum Gasteiger partial charge on any atom is -0.339 e. The first-order valence-electron chi connectivity index (χ1n) is 8.24. The van der Waals surface area contributed by atoms with E-state index >= 15 is 0 Å². The third-order valence-corrected chi connectivity index (χ3v) is 4.68. The van der Waals surface area contributed by atoms with Gasteiger partial charge in [-0.2, -0.15) is 4.98 Å². The van der Waals surface area contributed by atoms with Crippen LogP contribution in [0.3, 0.4) is 0 Å². The third kappa shape index (κ3) is 3.61. The van der Waals surface area contributed by atoms with Crippen LogP contribution in [0.4, 0.5) is 0 Å². The molecule has 3 aromatic rings. The summed E-state index contributed by atoms with van der Waals surface area (Å²) in [5.41, 5.74) is 0.499. The van der Waals surface area contributed by atoms with Crippen LogP contribution in [0.15, 0.2) is 38.7 Å². The van der Waals surface area contributed by atoms with Crippen molar-refractivity contribution >= 4 is 22.7 Å². The predicted molar refractivity (Wildman–Crippen MR) is 98.9 cm³/mol. The molecule has 0 saturated heterocycles. The maximum atomic E-state index is 12.8. The number of thioether (sulfide) groups is 1. The monoisotopic (exact) mass is 358 g/mol. The molecule has 0 aliphatic rings. The van der Waals surface area contributed by atoms with Gasteiger partial charge in [0.15, 0.2) is 11.0 Å². The van der Waals surface area contributed by atoms with E-state index in [9.17, 15) is 4.79 Å². The minimum absolute atomic E-state index is 0.0162. The zero-order valence-corrected chi connectivity index (χ0v) is 15.9. The summed E-state index contributed by atoms with van der Waals surface area (Å²) < 4.78 is 7.05. The third-order valence-electron chi connectivity index (χ3n) is 3.73. The minimum atomic E-state index is -0.183. The fourth-order valence-corrected chi connectivity index (χ4v) is 3.40. The Labute approximate surface area is 150 Å². The second-order valence-corrected chi connectivity index (χ2v) is 8.18. The van der Waals surface area contributed by atoms with Gasteiger partial charge in [0.2, 0.25) is 5.89 Å². The van der Waals surface area contributed by atoms with Crippen LogP contribution >= 0.6 is 11.8 Å². The van der Waals surface area contributed by atoms with E-state index in [4.69, 9.17) is 4.52 Å². The lowest BCUT2D eigenvalue weighted by Crippen LogP contribution is -2.25. The first-order chi connectivity index (χ1) is 11.8. The molecular formula is C18H22N4O2S. The number of rotatable bonds is 4. The SMILES string of the molecule is CC(C)n1c(SCc2noc(C(C)(C)C)n2)nc2ccccc2c1=O. The topological polar surface area (TPSA) is 73.8 Å². The first-order valence-corrected chi connectivity index (χ1v) is 9.23. The van der Waals surface area contributed by atoms with Gasteiger partial charge in [0.25, 0.3) is 5.56 Å². The first kappa shape index (κ1) is 17.7. The summed E-state index contributed by atoms with van der Waals surface area (Å²) >= 11 is 1.45. The van der Waals surface area contributed by atoms with Gasteiger partial charge in [-0.05, 0) is 26.0 Å². The Hall–Kier alpha value is -2.15. The van der Waals surface area contributed by atoms with Gasteiger partial charge in [0.1, 0.15) is 0 Å². The van der Waals surface area contributed by atoms with Gasteiger partial charge in [-0.15, -0.1) is 0 Å². The van der Waals surface area contributed by atoms with E-state index in [1.165, 1.54) is 11.8 Å². The Morgan fingerprint density at radius 2 is 1.92 bits per heavy atom. The quantitative estimate of drug-likeness (QED) is 0.519. The summed E-state index contributed by atoms with van der Waals surface area (Å²) in [4.78, 5) is 21.9. The van der Waals surface area contributed by atoms with Crippen molar-refractivity contribution in [3.8, 4) is 0 Å². The lowest BCUT2D eigenvalue weighted by molar-refractivity contribution is 0.319. The zero-order valence-electron chi connectivity index (χ0n) is 15.1. The van der Waals surface area contributed by atoms with Gasteiger partial charge in [0, 0.05) is 11.5 Å². The van der Waals surface area contributed by atoms with E-state index in [0.29, 0.717) is 33.5 Å². The van der Waals surface area contributed by atoms with Crippen molar-refractivity contribution in [1.29, 1.82) is 0 Å². The summed E-state index contributed by atoms with van der Waals surface area (Å²) in [7, 11) is 0. The van der Waals surface area contributed by atoms with Gasteiger partial charge in [-0.3, -0.25) is 9.36 Å².